The van der Waals surface area contributed by atoms with Crippen LogP contribution in [0.15, 0.2) is 65.6 Å². The molecule has 2 aromatic heterocycles. The van der Waals surface area contributed by atoms with Crippen LogP contribution in [0.5, 0.6) is 5.75 Å². The van der Waals surface area contributed by atoms with E-state index >= 15 is 0 Å². The number of aryl methyl sites for hydroxylation is 1. The molecule has 1 aliphatic heterocycles. The number of pyridine rings is 2. The number of hydrogen-bond donors (Lipinski definition) is 1. The highest BCUT2D eigenvalue weighted by atomic mass is 19.4. The molecule has 0 spiro atoms. The maximum absolute atomic E-state index is 14.3. The van der Waals surface area contributed by atoms with Crippen LogP contribution in [0.1, 0.15) is 61.6 Å². The van der Waals surface area contributed by atoms with E-state index in [9.17, 15) is 22.4 Å². The normalized spacial score (nSPS) is 13.6. The molecule has 5 aromatic rings. The van der Waals surface area contributed by atoms with Crippen LogP contribution in [-0.2, 0) is 28.7 Å². The number of hydrogen-bond acceptors (Lipinski definition) is 5. The van der Waals surface area contributed by atoms with Crippen LogP contribution in [0.25, 0.3) is 32.9 Å². The van der Waals surface area contributed by atoms with Crippen molar-refractivity contribution in [1.82, 2.24) is 9.55 Å². The number of alkyl halides is 3. The standard InChI is InChI=1S/C35H32F4N2O3.CH2O2/c1-19-14-27-25(7-9-29(42)41(27)18-21-15-23(35(37,38)39)17-24(36)16-21)32(30(19)20(2)44-34(3,4)5)26-6-8-28-31-22(11-13-43-28)10-12-40-33(26)31;2-1-3/h6-10,12,14-17,20H,11,13,18H2,1-5H3;1H,(H,2,3). The summed E-state index contributed by atoms with van der Waals surface area (Å²) in [6, 6.07) is 13.2. The molecule has 47 heavy (non-hydrogen) atoms. The van der Waals surface area contributed by atoms with Crippen LogP contribution < -0.4 is 10.3 Å². The first kappa shape index (κ1) is 33.6. The summed E-state index contributed by atoms with van der Waals surface area (Å²) >= 11 is 0. The Hall–Kier alpha value is -4.77. The van der Waals surface area contributed by atoms with E-state index in [-0.39, 0.29) is 24.7 Å². The average molecular weight is 651 g/mol. The van der Waals surface area contributed by atoms with Crippen LogP contribution in [0, 0.1) is 12.7 Å². The van der Waals surface area contributed by atoms with Gasteiger partial charge in [-0.1, -0.05) is 0 Å². The van der Waals surface area contributed by atoms with Gasteiger partial charge < -0.3 is 19.1 Å². The minimum absolute atomic E-state index is 0.0278. The Morgan fingerprint density at radius 2 is 1.81 bits per heavy atom. The number of carbonyl (C=O) groups is 1. The largest absolute Gasteiger partial charge is 0.493 e. The van der Waals surface area contributed by atoms with Gasteiger partial charge in [0, 0.05) is 35.0 Å². The predicted molar refractivity (Wildman–Crippen MR) is 171 cm³/mol. The number of nitrogens with zero attached hydrogens (tertiary/aromatic N) is 2. The number of carboxylic acid groups (broad SMARTS) is 1. The predicted octanol–water partition coefficient (Wildman–Crippen LogP) is 8.24. The summed E-state index contributed by atoms with van der Waals surface area (Å²) in [5, 5.41) is 8.51. The summed E-state index contributed by atoms with van der Waals surface area (Å²) in [5.41, 5.74) is 3.77. The minimum atomic E-state index is -4.73. The molecule has 0 fully saturated rings. The smallest absolute Gasteiger partial charge is 0.416 e. The lowest BCUT2D eigenvalue weighted by Gasteiger charge is -2.29. The van der Waals surface area contributed by atoms with Gasteiger partial charge in [0.15, 0.2) is 0 Å². The van der Waals surface area contributed by atoms with Gasteiger partial charge in [0.1, 0.15) is 11.6 Å². The first-order valence-corrected chi connectivity index (χ1v) is 15.0. The molecule has 0 bridgehead atoms. The molecule has 1 aliphatic rings. The summed E-state index contributed by atoms with van der Waals surface area (Å²) in [7, 11) is 0. The Balaban J connectivity index is 0.00000139. The van der Waals surface area contributed by atoms with Gasteiger partial charge in [-0.25, -0.2) is 4.39 Å². The minimum Gasteiger partial charge on any atom is -0.493 e. The van der Waals surface area contributed by atoms with Gasteiger partial charge >= 0.3 is 6.18 Å². The highest BCUT2D eigenvalue weighted by molar-refractivity contribution is 6.07. The fraction of sp³-hybridized carbons (Fsp3) is 0.306. The van der Waals surface area contributed by atoms with E-state index in [4.69, 9.17) is 24.4 Å². The molecule has 0 radical (unpaired) electrons. The van der Waals surface area contributed by atoms with Crippen molar-refractivity contribution in [3.63, 3.8) is 0 Å². The Labute approximate surface area is 268 Å². The van der Waals surface area contributed by atoms with Gasteiger partial charge in [-0.2, -0.15) is 13.2 Å². The molecule has 3 aromatic carbocycles. The molecule has 0 saturated carbocycles. The third-order valence-corrected chi connectivity index (χ3v) is 7.94. The van der Waals surface area contributed by atoms with E-state index < -0.39 is 28.7 Å². The van der Waals surface area contributed by atoms with Gasteiger partial charge in [0.2, 0.25) is 0 Å². The zero-order valence-electron chi connectivity index (χ0n) is 26.5. The third-order valence-electron chi connectivity index (χ3n) is 7.94. The number of aromatic nitrogens is 2. The van der Waals surface area contributed by atoms with Crippen molar-refractivity contribution in [2.75, 3.05) is 6.61 Å². The number of fused-ring (bicyclic) bond motifs is 1. The topological polar surface area (TPSA) is 90.7 Å². The molecule has 7 nitrogen and oxygen atoms in total. The van der Waals surface area contributed by atoms with Gasteiger partial charge in [0.25, 0.3) is 12.0 Å². The lowest BCUT2D eigenvalue weighted by molar-refractivity contribution is -0.137. The molecule has 0 saturated heterocycles. The van der Waals surface area contributed by atoms with E-state index in [1.54, 1.807) is 12.3 Å². The highest BCUT2D eigenvalue weighted by Gasteiger charge is 2.32. The van der Waals surface area contributed by atoms with Crippen LogP contribution in [0.3, 0.4) is 0 Å². The lowest BCUT2D eigenvalue weighted by atomic mass is 9.87. The summed E-state index contributed by atoms with van der Waals surface area (Å²) in [5.74, 6) is -0.272. The second kappa shape index (κ2) is 12.8. The first-order valence-electron chi connectivity index (χ1n) is 15.0. The first-order chi connectivity index (χ1) is 22.1. The quantitative estimate of drug-likeness (QED) is 0.152. The molecule has 11 heteroatoms. The second-order valence-corrected chi connectivity index (χ2v) is 12.4. The number of ether oxygens (including phenoxy) is 2. The third kappa shape index (κ3) is 6.85. The summed E-state index contributed by atoms with van der Waals surface area (Å²) in [4.78, 5) is 26.5. The van der Waals surface area contributed by atoms with Crippen molar-refractivity contribution in [2.45, 2.75) is 65.5 Å². The van der Waals surface area contributed by atoms with E-state index in [1.807, 2.05) is 58.9 Å². The van der Waals surface area contributed by atoms with Crippen LogP contribution >= 0.6 is 0 Å². The second-order valence-electron chi connectivity index (χ2n) is 12.4. The van der Waals surface area contributed by atoms with Crippen LogP contribution in [0.4, 0.5) is 17.6 Å². The maximum atomic E-state index is 14.3. The molecule has 3 heterocycles. The maximum Gasteiger partial charge on any atom is 0.416 e. The fourth-order valence-corrected chi connectivity index (χ4v) is 6.34. The fourth-order valence-electron chi connectivity index (χ4n) is 6.34. The zero-order chi connectivity index (χ0) is 34.3. The summed E-state index contributed by atoms with van der Waals surface area (Å²) in [6.45, 7) is 9.91. The molecule has 0 aliphatic carbocycles. The van der Waals surface area contributed by atoms with Crippen LogP contribution in [-0.4, -0.2) is 33.3 Å². The summed E-state index contributed by atoms with van der Waals surface area (Å²) in [6.07, 6.45) is -2.57. The average Bonchev–Trinajstić information content (AvgIpc) is 2.97. The molecule has 246 valence electrons. The van der Waals surface area contributed by atoms with Gasteiger partial charge in [-0.3, -0.25) is 14.6 Å². The highest BCUT2D eigenvalue weighted by Crippen LogP contribution is 2.44. The van der Waals surface area contributed by atoms with Crippen molar-refractivity contribution in [3.05, 3.63) is 105 Å². The Morgan fingerprint density at radius 1 is 1.09 bits per heavy atom. The van der Waals surface area contributed by atoms with Crippen molar-refractivity contribution < 1.29 is 36.9 Å². The summed E-state index contributed by atoms with van der Waals surface area (Å²) < 4.78 is 68.6. The van der Waals surface area contributed by atoms with Gasteiger partial charge in [0.05, 0.1) is 41.5 Å². The van der Waals surface area contributed by atoms with Crippen molar-refractivity contribution in [3.8, 4) is 16.9 Å². The SMILES string of the molecule is Cc1cc2c(ccc(=O)n2Cc2cc(F)cc(C(F)(F)F)c2)c(-c2ccc3c4c(ccnc24)CCO3)c1C(C)OC(C)(C)C.O=CO. The molecular weight excluding hydrogens is 616 g/mol. The van der Waals surface area contributed by atoms with Gasteiger partial charge in [-0.15, -0.1) is 0 Å². The molecule has 0 amide bonds. The molecule has 1 atom stereocenters. The van der Waals surface area contributed by atoms with Crippen molar-refractivity contribution in [2.24, 2.45) is 0 Å². The molecule has 1 N–H and O–H groups in total. The van der Waals surface area contributed by atoms with Crippen molar-refractivity contribution >= 4 is 28.3 Å². The van der Waals surface area contributed by atoms with E-state index in [2.05, 4.69) is 0 Å². The van der Waals surface area contributed by atoms with E-state index in [0.29, 0.717) is 23.6 Å². The molecular formula is C36H34F4N2O5. The van der Waals surface area contributed by atoms with Crippen LogP contribution in [0.2, 0.25) is 0 Å². The van der Waals surface area contributed by atoms with E-state index in [0.717, 1.165) is 63.0 Å². The molecule has 6 rings (SSSR count). The monoisotopic (exact) mass is 650 g/mol. The number of benzene rings is 3. The Kier molecular flexibility index (Phi) is 9.14. The van der Waals surface area contributed by atoms with Gasteiger partial charge in [-0.05, 0) is 111 Å². The number of halogens is 4. The number of rotatable bonds is 5. The Bertz CT molecular complexity index is 2040. The zero-order valence-corrected chi connectivity index (χ0v) is 26.5. The Morgan fingerprint density at radius 3 is 2.49 bits per heavy atom. The van der Waals surface area contributed by atoms with Crippen molar-refractivity contribution in [1.29, 1.82) is 0 Å². The molecule has 1 unspecified atom stereocenters. The van der Waals surface area contributed by atoms with E-state index in [1.165, 1.54) is 10.6 Å². The lowest BCUT2D eigenvalue weighted by Crippen LogP contribution is -2.23.